The molecule has 0 aromatic carbocycles. The average Bonchev–Trinajstić information content (AvgIpc) is 2.51. The number of nitrogens with zero attached hydrogens (tertiary/aromatic N) is 1. The van der Waals surface area contributed by atoms with Crippen molar-refractivity contribution in [2.75, 3.05) is 33.7 Å². The topological polar surface area (TPSA) is 41.3 Å². The van der Waals surface area contributed by atoms with Crippen LogP contribution in [0, 0.1) is 11.3 Å². The Morgan fingerprint density at radius 1 is 1.21 bits per heavy atom. The Morgan fingerprint density at radius 2 is 1.89 bits per heavy atom. The zero-order valence-corrected chi connectivity index (χ0v) is 13.8. The Kier molecular flexibility index (Phi) is 6.28. The van der Waals surface area contributed by atoms with Crippen molar-refractivity contribution in [2.24, 2.45) is 17.1 Å². The smallest absolute Gasteiger partial charge is 0.0304 e. The van der Waals surface area contributed by atoms with E-state index in [0.717, 1.165) is 25.6 Å². The first kappa shape index (κ1) is 16.9. The normalized spacial score (nSPS) is 29.5. The summed E-state index contributed by atoms with van der Waals surface area (Å²) in [6, 6.07) is 0. The minimum Gasteiger partial charge on any atom is -0.329 e. The van der Waals surface area contributed by atoms with Crippen LogP contribution in [0.4, 0.5) is 0 Å². The highest BCUT2D eigenvalue weighted by Gasteiger charge is 2.34. The molecule has 1 saturated carbocycles. The third kappa shape index (κ3) is 5.41. The number of rotatable bonds is 5. The molecule has 2 atom stereocenters. The summed E-state index contributed by atoms with van der Waals surface area (Å²) in [5, 5.41) is 3.76. The van der Waals surface area contributed by atoms with Gasteiger partial charge in [0.25, 0.3) is 0 Å². The van der Waals surface area contributed by atoms with Crippen LogP contribution in [0.2, 0.25) is 0 Å². The molecular weight excluding hydrogens is 234 g/mol. The third-order valence-electron chi connectivity index (χ3n) is 4.85. The molecule has 3 nitrogen and oxygen atoms in total. The molecule has 19 heavy (non-hydrogen) atoms. The molecule has 0 aromatic heterocycles. The van der Waals surface area contributed by atoms with Crippen LogP contribution in [0.3, 0.4) is 0 Å². The van der Waals surface area contributed by atoms with Crippen LogP contribution in [0.5, 0.6) is 0 Å². The maximum absolute atomic E-state index is 6.10. The Bertz CT molecular complexity index is 257. The number of nitrogens with two attached hydrogens (primary N) is 1. The fourth-order valence-corrected chi connectivity index (χ4v) is 3.27. The molecule has 1 aliphatic rings. The first-order valence-corrected chi connectivity index (χ1v) is 7.89. The highest BCUT2D eigenvalue weighted by molar-refractivity contribution is 4.93. The molecule has 0 aliphatic heterocycles. The van der Waals surface area contributed by atoms with Gasteiger partial charge in [-0.3, -0.25) is 0 Å². The molecule has 0 saturated heterocycles. The van der Waals surface area contributed by atoms with Crippen molar-refractivity contribution >= 4 is 0 Å². The Balaban J connectivity index is 2.55. The van der Waals surface area contributed by atoms with Gasteiger partial charge >= 0.3 is 0 Å². The summed E-state index contributed by atoms with van der Waals surface area (Å²) in [5.41, 5.74) is 6.73. The van der Waals surface area contributed by atoms with Crippen LogP contribution in [0.15, 0.2) is 0 Å². The predicted octanol–water partition coefficient (Wildman–Crippen LogP) is 2.46. The summed E-state index contributed by atoms with van der Waals surface area (Å²) < 4.78 is 0. The van der Waals surface area contributed by atoms with Crippen molar-refractivity contribution in [3.8, 4) is 0 Å². The summed E-state index contributed by atoms with van der Waals surface area (Å²) in [5.74, 6) is 0.844. The first-order valence-electron chi connectivity index (χ1n) is 7.89. The summed E-state index contributed by atoms with van der Waals surface area (Å²) >= 11 is 0. The molecule has 114 valence electrons. The van der Waals surface area contributed by atoms with E-state index in [1.807, 2.05) is 0 Å². The minimum atomic E-state index is 0.190. The van der Waals surface area contributed by atoms with Crippen LogP contribution in [0.25, 0.3) is 0 Å². The van der Waals surface area contributed by atoms with Gasteiger partial charge in [-0.2, -0.15) is 0 Å². The predicted molar refractivity (Wildman–Crippen MR) is 84.4 cm³/mol. The van der Waals surface area contributed by atoms with E-state index in [4.69, 9.17) is 5.73 Å². The second kappa shape index (κ2) is 7.05. The van der Waals surface area contributed by atoms with Crippen LogP contribution in [-0.4, -0.2) is 44.2 Å². The van der Waals surface area contributed by atoms with Gasteiger partial charge in [-0.25, -0.2) is 0 Å². The number of nitrogens with one attached hydrogen (secondary N) is 1. The Hall–Kier alpha value is -0.120. The fourth-order valence-electron chi connectivity index (χ4n) is 3.27. The zero-order chi connectivity index (χ0) is 14.5. The number of hydrogen-bond acceptors (Lipinski definition) is 3. The lowest BCUT2D eigenvalue weighted by Gasteiger charge is -2.34. The molecule has 1 fully saturated rings. The van der Waals surface area contributed by atoms with E-state index in [1.165, 1.54) is 32.1 Å². The van der Waals surface area contributed by atoms with Crippen molar-refractivity contribution in [1.82, 2.24) is 10.2 Å². The molecule has 3 heteroatoms. The van der Waals surface area contributed by atoms with Gasteiger partial charge in [-0.05, 0) is 51.1 Å². The molecule has 3 N–H and O–H groups in total. The van der Waals surface area contributed by atoms with Crippen molar-refractivity contribution < 1.29 is 0 Å². The molecule has 1 rings (SSSR count). The van der Waals surface area contributed by atoms with E-state index < -0.39 is 0 Å². The lowest BCUT2D eigenvalue weighted by molar-refractivity contribution is 0.205. The van der Waals surface area contributed by atoms with Crippen molar-refractivity contribution in [3.05, 3.63) is 0 Å². The molecule has 0 aromatic rings. The van der Waals surface area contributed by atoms with Gasteiger partial charge in [0.1, 0.15) is 0 Å². The summed E-state index contributed by atoms with van der Waals surface area (Å²) in [4.78, 5) is 2.23. The van der Waals surface area contributed by atoms with E-state index in [2.05, 4.69) is 45.1 Å². The highest BCUT2D eigenvalue weighted by Crippen LogP contribution is 2.39. The SMILES string of the molecule is CN(C)CCNC1(CN)CCCC(C(C)(C)C)CC1. The monoisotopic (exact) mass is 269 g/mol. The fraction of sp³-hybridized carbons (Fsp3) is 1.00. The molecule has 1 aliphatic carbocycles. The lowest BCUT2D eigenvalue weighted by Crippen LogP contribution is -2.52. The van der Waals surface area contributed by atoms with Crippen molar-refractivity contribution in [2.45, 2.75) is 58.4 Å². The standard InChI is InChI=1S/C16H35N3/c1-15(2,3)14-7-6-9-16(13-17,10-8-14)18-11-12-19(4)5/h14,18H,6-13,17H2,1-5H3. The number of hydrogen-bond donors (Lipinski definition) is 2. The average molecular weight is 269 g/mol. The number of likely N-dealkylation sites (N-methyl/N-ethyl adjacent to an activating group) is 1. The van der Waals surface area contributed by atoms with Crippen molar-refractivity contribution in [3.63, 3.8) is 0 Å². The van der Waals surface area contributed by atoms with Gasteiger partial charge in [0.05, 0.1) is 0 Å². The van der Waals surface area contributed by atoms with Crippen molar-refractivity contribution in [1.29, 1.82) is 0 Å². The lowest BCUT2D eigenvalue weighted by atomic mass is 9.76. The maximum atomic E-state index is 6.10. The van der Waals surface area contributed by atoms with Gasteiger partial charge < -0.3 is 16.0 Å². The zero-order valence-electron chi connectivity index (χ0n) is 13.8. The summed E-state index contributed by atoms with van der Waals surface area (Å²) in [6.45, 7) is 10.1. The van der Waals surface area contributed by atoms with E-state index in [9.17, 15) is 0 Å². The molecular formula is C16H35N3. The summed E-state index contributed by atoms with van der Waals surface area (Å²) in [7, 11) is 4.25. The van der Waals surface area contributed by atoms with E-state index in [0.29, 0.717) is 5.41 Å². The molecule has 2 unspecified atom stereocenters. The molecule has 0 radical (unpaired) electrons. The Morgan fingerprint density at radius 3 is 2.42 bits per heavy atom. The van der Waals surface area contributed by atoms with Crippen LogP contribution in [-0.2, 0) is 0 Å². The van der Waals surface area contributed by atoms with Gasteiger partial charge in [0.2, 0.25) is 0 Å². The van der Waals surface area contributed by atoms with Crippen LogP contribution in [0.1, 0.15) is 52.9 Å². The van der Waals surface area contributed by atoms with Gasteiger partial charge in [0.15, 0.2) is 0 Å². The molecule has 0 heterocycles. The largest absolute Gasteiger partial charge is 0.329 e. The van der Waals surface area contributed by atoms with E-state index in [-0.39, 0.29) is 5.54 Å². The second-order valence-electron chi connectivity index (χ2n) is 7.71. The molecule has 0 bridgehead atoms. The quantitative estimate of drug-likeness (QED) is 0.753. The van der Waals surface area contributed by atoms with Gasteiger partial charge in [-0.1, -0.05) is 27.2 Å². The first-order chi connectivity index (χ1) is 8.79. The highest BCUT2D eigenvalue weighted by atomic mass is 15.1. The van der Waals surface area contributed by atoms with Crippen LogP contribution < -0.4 is 11.1 Å². The maximum Gasteiger partial charge on any atom is 0.0304 e. The summed E-state index contributed by atoms with van der Waals surface area (Å²) in [6.07, 6.45) is 6.47. The van der Waals surface area contributed by atoms with Crippen LogP contribution >= 0.6 is 0 Å². The molecule has 0 amide bonds. The third-order valence-corrected chi connectivity index (χ3v) is 4.85. The van der Waals surface area contributed by atoms with E-state index >= 15 is 0 Å². The minimum absolute atomic E-state index is 0.190. The Labute approximate surface area is 120 Å². The van der Waals surface area contributed by atoms with Gasteiger partial charge in [0, 0.05) is 25.2 Å². The van der Waals surface area contributed by atoms with Gasteiger partial charge in [-0.15, -0.1) is 0 Å². The molecule has 0 spiro atoms. The van der Waals surface area contributed by atoms with E-state index in [1.54, 1.807) is 0 Å². The second-order valence-corrected chi connectivity index (χ2v) is 7.71.